The molecule has 5 aliphatic rings. The van der Waals surface area contributed by atoms with Crippen LogP contribution in [0.3, 0.4) is 0 Å². The molecule has 7 rings (SSSR count). The third kappa shape index (κ3) is 25.2. The molecule has 2 aromatic carbocycles. The molecule has 0 saturated carbocycles. The molecule has 2 aromatic rings. The second-order valence-corrected chi connectivity index (χ2v) is 20.4. The van der Waals surface area contributed by atoms with E-state index < -0.39 is 6.09 Å². The number of benzene rings is 2. The van der Waals surface area contributed by atoms with Crippen LogP contribution in [-0.4, -0.2) is 245 Å². The quantitative estimate of drug-likeness (QED) is 0.0569. The van der Waals surface area contributed by atoms with E-state index >= 15 is 0 Å². The minimum Gasteiger partial charge on any atom is -0.449 e. The number of thioether (sulfide) groups is 1. The van der Waals surface area contributed by atoms with Crippen LogP contribution < -0.4 is 21.3 Å². The van der Waals surface area contributed by atoms with E-state index in [-0.39, 0.29) is 71.6 Å². The molecule has 20 nitrogen and oxygen atoms in total. The van der Waals surface area contributed by atoms with E-state index in [1.165, 1.54) is 106 Å². The molecule has 77 heavy (non-hydrogen) atoms. The number of hydrogen-bond acceptors (Lipinski definition) is 17. The van der Waals surface area contributed by atoms with Crippen molar-refractivity contribution in [1.82, 2.24) is 40.9 Å². The Morgan fingerprint density at radius 3 is 1.43 bits per heavy atom. The maximum Gasteiger partial charge on any atom is 0.407 e. The van der Waals surface area contributed by atoms with Gasteiger partial charge in [-0.3, -0.25) is 24.1 Å². The summed E-state index contributed by atoms with van der Waals surface area (Å²) in [5.74, 6) is -0.866. The lowest BCUT2D eigenvalue weighted by Gasteiger charge is -2.14. The van der Waals surface area contributed by atoms with E-state index in [9.17, 15) is 24.0 Å². The molecule has 4 heterocycles. The number of carbonyl (C=O) groups excluding carboxylic acids is 5. The normalized spacial score (nSPS) is 17.4. The Hall–Kier alpha value is -4.26. The molecule has 0 aromatic heterocycles. The van der Waals surface area contributed by atoms with Crippen LogP contribution in [0.4, 0.5) is 4.79 Å². The number of likely N-dealkylation sites (N-methyl/N-ethyl adjacent to an activating group) is 1. The molecule has 438 valence electrons. The van der Waals surface area contributed by atoms with Gasteiger partial charge in [0.25, 0.3) is 0 Å². The van der Waals surface area contributed by atoms with Crippen molar-refractivity contribution < 1.29 is 61.4 Å². The summed E-state index contributed by atoms with van der Waals surface area (Å²) in [6.45, 7) is 19.6. The van der Waals surface area contributed by atoms with Gasteiger partial charge in [-0.15, -0.1) is 0 Å². The zero-order valence-electron chi connectivity index (χ0n) is 46.1. The summed E-state index contributed by atoms with van der Waals surface area (Å²) in [6.07, 6.45) is 9.42. The highest BCUT2D eigenvalue weighted by molar-refractivity contribution is 8.00. The van der Waals surface area contributed by atoms with Gasteiger partial charge in [0, 0.05) is 68.9 Å². The lowest BCUT2D eigenvalue weighted by Crippen LogP contribution is -2.38. The van der Waals surface area contributed by atoms with Gasteiger partial charge in [-0.2, -0.15) is 11.8 Å². The number of nitrogens with zero attached hydrogens (tertiary/aromatic N) is 4. The lowest BCUT2D eigenvalue weighted by molar-refractivity contribution is -0.138. The maximum atomic E-state index is 12.2. The lowest BCUT2D eigenvalue weighted by atomic mass is 9.98. The molecule has 0 radical (unpaired) electrons. The van der Waals surface area contributed by atoms with Crippen LogP contribution in [0.15, 0.2) is 48.5 Å². The standard InChI is InChI=1S/C27H35N3O5.C18H31N3O5S.C11H24N2O2.3H2/c31-26(28-11-15-33-17-18-34-16-14-30-12-5-6-13-30)19-29-27(32)35-20-25-23-9-3-1-7-21(23)22-8-2-4-10-24(22)25;1-27-15-14-17(23)21(18(15)24)8-4-16(22)19-5-10-25-12-13-26-11-9-20-6-2-3-7-20;1-12-4-8-14-10-11-15-9-7-13-5-2-3-6-13;;;/h1-4,7-10,25H,5-6,11-20H2,(H,28,31)(H,29,32);15H,2-14H2,1H3,(H,19,22);12H,2-11H2,1H3;3*1H/i;;;3*1+2. The first-order valence-electron chi connectivity index (χ1n) is 28.0. The number of alkyl carbamates (subject to hydrolysis) is 1. The van der Waals surface area contributed by atoms with E-state index in [0.717, 1.165) is 70.3 Å². The van der Waals surface area contributed by atoms with Crippen molar-refractivity contribution in [2.45, 2.75) is 62.5 Å². The number of carbonyl (C=O) groups is 5. The fourth-order valence-corrected chi connectivity index (χ4v) is 10.1. The Balaban J connectivity index is 0.000000433. The Labute approximate surface area is 466 Å². The predicted octanol–water partition coefficient (Wildman–Crippen LogP) is 3.96. The SMILES string of the molecule is CNCCOCCOCCN1CCCC1.CSC1CC(=O)N(CCC(=O)NCCOCCOCCN2CCCC2)C1=O.O=C(CNC(=O)OCC1c2ccccc2-c2ccccc21)NCCOCCOCCN1CCCC1.[3HH].[3HH].[3HH]. The van der Waals surface area contributed by atoms with Crippen LogP contribution in [0.1, 0.15) is 72.7 Å². The molecular weight excluding hydrogens is 1010 g/mol. The van der Waals surface area contributed by atoms with Gasteiger partial charge in [0.15, 0.2) is 0 Å². The molecule has 4 saturated heterocycles. The molecule has 0 bridgehead atoms. The van der Waals surface area contributed by atoms with E-state index in [1.54, 1.807) is 0 Å². The van der Waals surface area contributed by atoms with Crippen molar-refractivity contribution >= 4 is 41.5 Å². The van der Waals surface area contributed by atoms with Crippen LogP contribution in [0.25, 0.3) is 11.1 Å². The molecule has 21 heteroatoms. The van der Waals surface area contributed by atoms with Crippen LogP contribution in [-0.2, 0) is 52.3 Å². The molecule has 1 unspecified atom stereocenters. The fourth-order valence-electron chi connectivity index (χ4n) is 9.50. The molecule has 4 fully saturated rings. The molecule has 0 spiro atoms. The summed E-state index contributed by atoms with van der Waals surface area (Å²) in [7, 11) is 1.93. The van der Waals surface area contributed by atoms with Crippen molar-refractivity contribution in [2.75, 3.05) is 191 Å². The van der Waals surface area contributed by atoms with Crippen LogP contribution in [0.5, 0.6) is 0 Å². The van der Waals surface area contributed by atoms with Crippen LogP contribution in [0.2, 0.25) is 0 Å². The largest absolute Gasteiger partial charge is 0.449 e. The summed E-state index contributed by atoms with van der Waals surface area (Å²) in [4.78, 5) is 68.1. The monoisotopic (exact) mass is 1110 g/mol. The highest BCUT2D eigenvalue weighted by Crippen LogP contribution is 2.44. The van der Waals surface area contributed by atoms with Crippen molar-refractivity contribution in [3.63, 3.8) is 0 Å². The highest BCUT2D eigenvalue weighted by atomic mass is 32.2. The molecule has 4 N–H and O–H groups in total. The number of nitrogens with one attached hydrogen (secondary N) is 4. The van der Waals surface area contributed by atoms with Crippen LogP contribution >= 0.6 is 11.8 Å². The number of fused-ring (bicyclic) bond motifs is 3. The first-order valence-corrected chi connectivity index (χ1v) is 29.3. The van der Waals surface area contributed by atoms with Crippen molar-refractivity contribution in [1.29, 1.82) is 0 Å². The minimum atomic E-state index is -0.607. The van der Waals surface area contributed by atoms with E-state index in [2.05, 4.69) is 60.2 Å². The highest BCUT2D eigenvalue weighted by Gasteiger charge is 2.38. The molecular formula is C56H96N8O12S. The molecule has 1 atom stereocenters. The van der Waals surface area contributed by atoms with Gasteiger partial charge < -0.3 is 69.1 Å². The number of imide groups is 1. The van der Waals surface area contributed by atoms with E-state index in [0.29, 0.717) is 59.3 Å². The Morgan fingerprint density at radius 2 is 0.987 bits per heavy atom. The second-order valence-electron chi connectivity index (χ2n) is 19.4. The predicted molar refractivity (Wildman–Crippen MR) is 305 cm³/mol. The summed E-state index contributed by atoms with van der Waals surface area (Å²) < 4.78 is 38.3. The maximum absolute atomic E-state index is 12.2. The Kier molecular flexibility index (Phi) is 32.3. The molecule has 1 aliphatic carbocycles. The topological polar surface area (TPSA) is 211 Å². The second kappa shape index (κ2) is 39.2. The first-order chi connectivity index (χ1) is 37.8. The average Bonchev–Trinajstić information content (AvgIpc) is 4.39. The van der Waals surface area contributed by atoms with Crippen molar-refractivity contribution in [3.8, 4) is 11.1 Å². The zero-order chi connectivity index (χ0) is 54.6. The number of amides is 5. The van der Waals surface area contributed by atoms with E-state index in [4.69, 9.17) is 33.2 Å². The number of likely N-dealkylation sites (tertiary alicyclic amines) is 4. The van der Waals surface area contributed by atoms with Crippen molar-refractivity contribution in [3.05, 3.63) is 59.7 Å². The van der Waals surface area contributed by atoms with Crippen molar-refractivity contribution in [2.24, 2.45) is 0 Å². The Bertz CT molecular complexity index is 1960. The average molecular weight is 1110 g/mol. The summed E-state index contributed by atoms with van der Waals surface area (Å²) in [5.41, 5.74) is 4.65. The smallest absolute Gasteiger partial charge is 0.407 e. The fraction of sp³-hybridized carbons (Fsp3) is 0.696. The number of hydrogen-bond donors (Lipinski definition) is 4. The van der Waals surface area contributed by atoms with Gasteiger partial charge in [0.2, 0.25) is 23.6 Å². The van der Waals surface area contributed by atoms with Gasteiger partial charge in [0.1, 0.15) is 6.61 Å². The van der Waals surface area contributed by atoms with E-state index in [1.807, 2.05) is 37.6 Å². The summed E-state index contributed by atoms with van der Waals surface area (Å²) >= 11 is 1.37. The first kappa shape index (κ1) is 63.6. The van der Waals surface area contributed by atoms with Gasteiger partial charge in [0.05, 0.1) is 91.1 Å². The van der Waals surface area contributed by atoms with Gasteiger partial charge in [-0.25, -0.2) is 4.79 Å². The third-order valence-electron chi connectivity index (χ3n) is 13.8. The number of rotatable bonds is 35. The zero-order valence-corrected chi connectivity index (χ0v) is 46.9. The minimum absolute atomic E-state index is 0. The van der Waals surface area contributed by atoms with Gasteiger partial charge in [-0.1, -0.05) is 48.5 Å². The molecule has 4 aliphatic heterocycles. The number of ether oxygens (including phenoxy) is 7. The van der Waals surface area contributed by atoms with Crippen LogP contribution in [0, 0.1) is 0 Å². The summed E-state index contributed by atoms with van der Waals surface area (Å²) in [5, 5.41) is 10.7. The van der Waals surface area contributed by atoms with Gasteiger partial charge in [-0.05, 0) is 113 Å². The molecule has 5 amide bonds. The van der Waals surface area contributed by atoms with Gasteiger partial charge >= 0.3 is 6.09 Å². The summed E-state index contributed by atoms with van der Waals surface area (Å²) in [6, 6.07) is 16.3. The third-order valence-corrected chi connectivity index (χ3v) is 14.7. The Morgan fingerprint density at radius 1 is 0.558 bits per heavy atom.